The minimum absolute atomic E-state index is 0.0952. The van der Waals surface area contributed by atoms with E-state index in [-0.39, 0.29) is 11.7 Å². The molecule has 1 aromatic heterocycles. The van der Waals surface area contributed by atoms with E-state index in [1.807, 2.05) is 0 Å². The van der Waals surface area contributed by atoms with Gasteiger partial charge < -0.3 is 19.7 Å². The number of likely N-dealkylation sites (tertiary alicyclic amines) is 1. The molecule has 2 aromatic rings. The highest BCUT2D eigenvalue weighted by molar-refractivity contribution is 5.98. The van der Waals surface area contributed by atoms with Crippen LogP contribution in [0.1, 0.15) is 29.8 Å². The van der Waals surface area contributed by atoms with Crippen molar-refractivity contribution in [2.75, 3.05) is 45.9 Å². The number of halogens is 1. The van der Waals surface area contributed by atoms with Gasteiger partial charge in [-0.15, -0.1) is 0 Å². The Balaban J connectivity index is 1.42. The maximum Gasteiger partial charge on any atom is 0.270 e. The fraction of sp³-hybridized carbons (Fsp3) is 0.550. The van der Waals surface area contributed by atoms with Crippen molar-refractivity contribution in [3.8, 4) is 0 Å². The molecule has 27 heavy (non-hydrogen) atoms. The van der Waals surface area contributed by atoms with Crippen LogP contribution in [0.2, 0.25) is 0 Å². The van der Waals surface area contributed by atoms with E-state index >= 15 is 0 Å². The largest absolute Gasteiger partial charge is 0.388 e. The zero-order chi connectivity index (χ0) is 18.9. The van der Waals surface area contributed by atoms with Gasteiger partial charge >= 0.3 is 0 Å². The Morgan fingerprint density at radius 1 is 1.19 bits per heavy atom. The first kappa shape index (κ1) is 18.4. The van der Waals surface area contributed by atoms with E-state index in [0.717, 1.165) is 24.9 Å². The number of aliphatic hydroxyl groups is 1. The molecular formula is C20H26FN3O3. The third-order valence-electron chi connectivity index (χ3n) is 5.64. The molecule has 2 saturated heterocycles. The molecule has 7 heteroatoms. The van der Waals surface area contributed by atoms with Gasteiger partial charge in [0.2, 0.25) is 0 Å². The maximum atomic E-state index is 13.4. The van der Waals surface area contributed by atoms with Crippen LogP contribution < -0.4 is 0 Å². The van der Waals surface area contributed by atoms with Gasteiger partial charge in [-0.2, -0.15) is 0 Å². The van der Waals surface area contributed by atoms with Crippen LogP contribution in [0.4, 0.5) is 4.39 Å². The Labute approximate surface area is 157 Å². The van der Waals surface area contributed by atoms with Crippen molar-refractivity contribution in [2.24, 2.45) is 0 Å². The number of benzene rings is 1. The summed E-state index contributed by atoms with van der Waals surface area (Å²) in [5.74, 6) is -0.423. The average Bonchev–Trinajstić information content (AvgIpc) is 2.98. The Bertz CT molecular complexity index is 818. The number of fused-ring (bicyclic) bond motifs is 1. The highest BCUT2D eigenvalue weighted by Gasteiger charge is 2.34. The molecule has 0 radical (unpaired) electrons. The number of aromatic amines is 1. The van der Waals surface area contributed by atoms with Crippen LogP contribution in [-0.4, -0.2) is 77.3 Å². The highest BCUT2D eigenvalue weighted by Crippen LogP contribution is 2.25. The van der Waals surface area contributed by atoms with Crippen LogP contribution in [0, 0.1) is 5.82 Å². The lowest BCUT2D eigenvalue weighted by molar-refractivity contribution is -0.0389. The minimum Gasteiger partial charge on any atom is -0.388 e. The lowest BCUT2D eigenvalue weighted by Gasteiger charge is -2.35. The predicted molar refractivity (Wildman–Crippen MR) is 100 cm³/mol. The summed E-state index contributed by atoms with van der Waals surface area (Å²) in [6.07, 6.45) is 2.01. The Morgan fingerprint density at radius 3 is 2.81 bits per heavy atom. The van der Waals surface area contributed by atoms with Crippen molar-refractivity contribution in [3.63, 3.8) is 0 Å². The number of rotatable bonds is 3. The number of hydrogen-bond acceptors (Lipinski definition) is 4. The molecule has 2 aliphatic rings. The molecule has 2 fully saturated rings. The maximum absolute atomic E-state index is 13.4. The van der Waals surface area contributed by atoms with Crippen LogP contribution in [0.15, 0.2) is 24.3 Å². The second-order valence-electron chi connectivity index (χ2n) is 7.67. The zero-order valence-corrected chi connectivity index (χ0v) is 15.4. The minimum atomic E-state index is -0.768. The number of H-pyrrole nitrogens is 1. The SMILES string of the molecule is O=C(c1cc2ccc(F)cc2[nH]1)N1CCCC(O)(CN2CCOCC2)CC1. The number of carbonyl (C=O) groups is 1. The van der Waals surface area contributed by atoms with Gasteiger partial charge in [-0.25, -0.2) is 4.39 Å². The van der Waals surface area contributed by atoms with Gasteiger partial charge in [0.25, 0.3) is 5.91 Å². The Hall–Kier alpha value is -1.96. The van der Waals surface area contributed by atoms with Crippen LogP contribution in [-0.2, 0) is 4.74 Å². The summed E-state index contributed by atoms with van der Waals surface area (Å²) in [5.41, 5.74) is 0.321. The first-order valence-corrected chi connectivity index (χ1v) is 9.62. The van der Waals surface area contributed by atoms with Crippen molar-refractivity contribution in [1.29, 1.82) is 0 Å². The molecule has 0 aliphatic carbocycles. The number of aromatic nitrogens is 1. The second kappa shape index (κ2) is 7.58. The molecule has 3 heterocycles. The van der Waals surface area contributed by atoms with E-state index in [0.29, 0.717) is 56.9 Å². The van der Waals surface area contributed by atoms with E-state index in [1.54, 1.807) is 17.0 Å². The van der Waals surface area contributed by atoms with Crippen molar-refractivity contribution in [1.82, 2.24) is 14.8 Å². The number of hydrogen-bond donors (Lipinski definition) is 2. The number of morpholine rings is 1. The molecule has 0 saturated carbocycles. The number of β-amino-alcohol motifs (C(OH)–C–C–N with tert-alkyl or cyclic N) is 1. The van der Waals surface area contributed by atoms with Gasteiger partial charge in [0.1, 0.15) is 11.5 Å². The van der Waals surface area contributed by atoms with Crippen molar-refractivity contribution >= 4 is 16.8 Å². The molecule has 1 amide bonds. The first-order valence-electron chi connectivity index (χ1n) is 9.62. The van der Waals surface area contributed by atoms with Gasteiger partial charge in [-0.05, 0) is 43.5 Å². The van der Waals surface area contributed by atoms with Gasteiger partial charge in [0.15, 0.2) is 0 Å². The van der Waals surface area contributed by atoms with E-state index in [1.165, 1.54) is 12.1 Å². The molecule has 0 bridgehead atoms. The standard InChI is InChI=1S/C20H26FN3O3/c21-16-3-2-15-12-18(22-17(15)13-16)19(25)24-6-1-4-20(26,5-7-24)14-23-8-10-27-11-9-23/h2-3,12-13,22,26H,1,4-11,14H2. The van der Waals surface area contributed by atoms with Crippen LogP contribution in [0.3, 0.4) is 0 Å². The topological polar surface area (TPSA) is 68.8 Å². The molecule has 146 valence electrons. The zero-order valence-electron chi connectivity index (χ0n) is 15.4. The van der Waals surface area contributed by atoms with Crippen molar-refractivity contribution < 1.29 is 19.0 Å². The molecular weight excluding hydrogens is 349 g/mol. The quantitative estimate of drug-likeness (QED) is 0.861. The summed E-state index contributed by atoms with van der Waals surface area (Å²) in [4.78, 5) is 20.0. The average molecular weight is 375 g/mol. The number of nitrogens with one attached hydrogen (secondary N) is 1. The number of nitrogens with zero attached hydrogens (tertiary/aromatic N) is 2. The second-order valence-corrected chi connectivity index (χ2v) is 7.67. The molecule has 6 nitrogen and oxygen atoms in total. The number of carbonyl (C=O) groups excluding carboxylic acids is 1. The normalized spacial score (nSPS) is 24.9. The number of ether oxygens (including phenoxy) is 1. The molecule has 1 aromatic carbocycles. The lowest BCUT2D eigenvalue weighted by atomic mass is 9.94. The third kappa shape index (κ3) is 4.15. The summed E-state index contributed by atoms with van der Waals surface area (Å²) in [5, 5.41) is 11.9. The van der Waals surface area contributed by atoms with E-state index in [4.69, 9.17) is 4.74 Å². The van der Waals surface area contributed by atoms with Gasteiger partial charge in [0, 0.05) is 43.6 Å². The molecule has 2 N–H and O–H groups in total. The monoisotopic (exact) mass is 375 g/mol. The van der Waals surface area contributed by atoms with Crippen molar-refractivity contribution in [2.45, 2.75) is 24.9 Å². The summed E-state index contributed by atoms with van der Waals surface area (Å²) in [6.45, 7) is 4.87. The summed E-state index contributed by atoms with van der Waals surface area (Å²) in [7, 11) is 0. The van der Waals surface area contributed by atoms with E-state index < -0.39 is 5.60 Å². The van der Waals surface area contributed by atoms with Crippen LogP contribution in [0.5, 0.6) is 0 Å². The molecule has 2 aliphatic heterocycles. The lowest BCUT2D eigenvalue weighted by Crippen LogP contribution is -2.48. The summed E-state index contributed by atoms with van der Waals surface area (Å²) >= 11 is 0. The predicted octanol–water partition coefficient (Wildman–Crippen LogP) is 2.00. The van der Waals surface area contributed by atoms with Gasteiger partial charge in [-0.1, -0.05) is 0 Å². The molecule has 1 atom stereocenters. The first-order chi connectivity index (χ1) is 13.0. The highest BCUT2D eigenvalue weighted by atomic mass is 19.1. The summed E-state index contributed by atoms with van der Waals surface area (Å²) < 4.78 is 18.8. The van der Waals surface area contributed by atoms with Crippen LogP contribution >= 0.6 is 0 Å². The third-order valence-corrected chi connectivity index (χ3v) is 5.64. The van der Waals surface area contributed by atoms with Gasteiger partial charge in [0.05, 0.1) is 18.8 Å². The Morgan fingerprint density at radius 2 is 2.00 bits per heavy atom. The van der Waals surface area contributed by atoms with Crippen LogP contribution in [0.25, 0.3) is 10.9 Å². The summed E-state index contributed by atoms with van der Waals surface area (Å²) in [6, 6.07) is 6.22. The van der Waals surface area contributed by atoms with E-state index in [9.17, 15) is 14.3 Å². The number of amides is 1. The van der Waals surface area contributed by atoms with E-state index in [2.05, 4.69) is 9.88 Å². The smallest absolute Gasteiger partial charge is 0.270 e. The molecule has 4 rings (SSSR count). The fourth-order valence-corrected chi connectivity index (χ4v) is 4.10. The fourth-order valence-electron chi connectivity index (χ4n) is 4.10. The molecule has 0 spiro atoms. The van der Waals surface area contributed by atoms with Gasteiger partial charge in [-0.3, -0.25) is 9.69 Å². The molecule has 1 unspecified atom stereocenters. The van der Waals surface area contributed by atoms with Crippen molar-refractivity contribution in [3.05, 3.63) is 35.8 Å². The Kier molecular flexibility index (Phi) is 5.16.